The lowest BCUT2D eigenvalue weighted by Gasteiger charge is -2.10. The van der Waals surface area contributed by atoms with Crippen molar-refractivity contribution in [2.75, 3.05) is 14.2 Å². The number of carbonyl (C=O) groups is 2. The smallest absolute Gasteiger partial charge is 0.341 e. The molecule has 2 aromatic carbocycles. The third-order valence-electron chi connectivity index (χ3n) is 4.18. The fourth-order valence-electron chi connectivity index (χ4n) is 2.69. The zero-order valence-corrected chi connectivity index (χ0v) is 18.0. The summed E-state index contributed by atoms with van der Waals surface area (Å²) >= 11 is 3.38. The molecule has 0 atom stereocenters. The number of carbonyl (C=O) groups excluding carboxylic acids is 2. The van der Waals surface area contributed by atoms with E-state index in [0.29, 0.717) is 22.8 Å². The molecule has 0 bridgehead atoms. The van der Waals surface area contributed by atoms with Gasteiger partial charge in [-0.05, 0) is 48.0 Å². The maximum atomic E-state index is 12.4. The first-order valence-electron chi connectivity index (χ1n) is 9.00. The third-order valence-corrected chi connectivity index (χ3v) is 4.68. The predicted molar refractivity (Wildman–Crippen MR) is 113 cm³/mol. The molecule has 1 heterocycles. The molecule has 0 aliphatic carbocycles. The summed E-state index contributed by atoms with van der Waals surface area (Å²) in [4.78, 5) is 24.3. The van der Waals surface area contributed by atoms with Crippen molar-refractivity contribution in [2.45, 2.75) is 13.2 Å². The molecule has 30 heavy (non-hydrogen) atoms. The lowest BCUT2D eigenvalue weighted by atomic mass is 10.1. The van der Waals surface area contributed by atoms with Gasteiger partial charge in [0.1, 0.15) is 29.4 Å². The Hall–Kier alpha value is -3.26. The van der Waals surface area contributed by atoms with E-state index in [2.05, 4.69) is 21.2 Å². The molecular weight excluding hydrogens is 454 g/mol. The van der Waals surface area contributed by atoms with Crippen molar-refractivity contribution in [3.8, 4) is 11.5 Å². The maximum absolute atomic E-state index is 12.4. The largest absolute Gasteiger partial charge is 0.496 e. The van der Waals surface area contributed by atoms with E-state index in [1.807, 2.05) is 24.3 Å². The normalized spacial score (nSPS) is 10.4. The molecule has 8 heteroatoms. The Labute approximate surface area is 182 Å². The Morgan fingerprint density at radius 3 is 2.63 bits per heavy atom. The predicted octanol–water partition coefficient (Wildman–Crippen LogP) is 4.35. The molecule has 0 aliphatic rings. The highest BCUT2D eigenvalue weighted by Crippen LogP contribution is 2.21. The number of amides is 1. The highest BCUT2D eigenvalue weighted by atomic mass is 79.9. The topological polar surface area (TPSA) is 87.0 Å². The third kappa shape index (κ3) is 5.42. The van der Waals surface area contributed by atoms with E-state index >= 15 is 0 Å². The maximum Gasteiger partial charge on any atom is 0.341 e. The minimum absolute atomic E-state index is 0.171. The number of hydrogen-bond acceptors (Lipinski definition) is 6. The number of benzene rings is 2. The summed E-state index contributed by atoms with van der Waals surface area (Å²) in [6, 6.07) is 15.7. The number of methoxy groups -OCH3 is 2. The lowest BCUT2D eigenvalue weighted by Crippen LogP contribution is -2.22. The Morgan fingerprint density at radius 1 is 1.07 bits per heavy atom. The van der Waals surface area contributed by atoms with Crippen molar-refractivity contribution in [2.24, 2.45) is 0 Å². The molecule has 1 amide bonds. The SMILES string of the molecule is COC(=O)c1cc(CNC(=O)c2ccc(COc3cccc(Br)c3)o2)ccc1OC. The first-order valence-corrected chi connectivity index (χ1v) is 9.80. The van der Waals surface area contributed by atoms with Crippen molar-refractivity contribution in [1.82, 2.24) is 5.32 Å². The first kappa shape index (κ1) is 21.4. The quantitative estimate of drug-likeness (QED) is 0.489. The van der Waals surface area contributed by atoms with Crippen LogP contribution in [0.3, 0.4) is 0 Å². The number of esters is 1. The van der Waals surface area contributed by atoms with Crippen LogP contribution in [0.4, 0.5) is 0 Å². The van der Waals surface area contributed by atoms with Gasteiger partial charge in [0.05, 0.1) is 14.2 Å². The average Bonchev–Trinajstić information content (AvgIpc) is 3.24. The van der Waals surface area contributed by atoms with Gasteiger partial charge in [0.25, 0.3) is 5.91 Å². The second-order valence-corrected chi connectivity index (χ2v) is 7.14. The molecule has 0 saturated heterocycles. The molecule has 0 unspecified atom stereocenters. The van der Waals surface area contributed by atoms with Crippen LogP contribution in [0.1, 0.15) is 32.2 Å². The first-order chi connectivity index (χ1) is 14.5. The number of ether oxygens (including phenoxy) is 3. The monoisotopic (exact) mass is 473 g/mol. The standard InChI is InChI=1S/C22H20BrNO6/c1-27-19-8-6-14(10-18(19)22(26)28-2)12-24-21(25)20-9-7-17(30-20)13-29-16-5-3-4-15(23)11-16/h3-11H,12-13H2,1-2H3,(H,24,25). The number of hydrogen-bond donors (Lipinski definition) is 1. The van der Waals surface area contributed by atoms with Gasteiger partial charge in [-0.1, -0.05) is 28.1 Å². The van der Waals surface area contributed by atoms with Crippen LogP contribution in [0.2, 0.25) is 0 Å². The van der Waals surface area contributed by atoms with E-state index < -0.39 is 5.97 Å². The molecule has 3 rings (SSSR count). The molecule has 0 fully saturated rings. The molecule has 156 valence electrons. The van der Waals surface area contributed by atoms with Crippen LogP contribution in [0.5, 0.6) is 11.5 Å². The summed E-state index contributed by atoms with van der Waals surface area (Å²) in [5.74, 6) is 0.896. The highest BCUT2D eigenvalue weighted by Gasteiger charge is 2.15. The Bertz CT molecular complexity index is 1050. The summed E-state index contributed by atoms with van der Waals surface area (Å²) < 4.78 is 22.0. The summed E-state index contributed by atoms with van der Waals surface area (Å²) in [7, 11) is 2.77. The Balaban J connectivity index is 1.58. The Morgan fingerprint density at radius 2 is 1.90 bits per heavy atom. The molecule has 0 saturated carbocycles. The van der Waals surface area contributed by atoms with Gasteiger partial charge in [0.2, 0.25) is 0 Å². The van der Waals surface area contributed by atoms with Crippen LogP contribution in [0, 0.1) is 0 Å². The summed E-state index contributed by atoms with van der Waals surface area (Å²) in [6.07, 6.45) is 0. The van der Waals surface area contributed by atoms with Gasteiger partial charge in [-0.25, -0.2) is 4.79 Å². The minimum Gasteiger partial charge on any atom is -0.496 e. The van der Waals surface area contributed by atoms with Gasteiger partial charge in [0, 0.05) is 11.0 Å². The van der Waals surface area contributed by atoms with Gasteiger partial charge in [-0.3, -0.25) is 4.79 Å². The number of rotatable bonds is 8. The second kappa shape index (κ2) is 9.98. The molecule has 0 radical (unpaired) electrons. The molecule has 1 N–H and O–H groups in total. The van der Waals surface area contributed by atoms with E-state index in [0.717, 1.165) is 4.47 Å². The summed E-state index contributed by atoms with van der Waals surface area (Å²) in [5, 5.41) is 2.76. The van der Waals surface area contributed by atoms with Gasteiger partial charge in [-0.2, -0.15) is 0 Å². The zero-order valence-electron chi connectivity index (χ0n) is 16.4. The van der Waals surface area contributed by atoms with Crippen molar-refractivity contribution in [3.05, 3.63) is 81.7 Å². The zero-order chi connectivity index (χ0) is 21.5. The fourth-order valence-corrected chi connectivity index (χ4v) is 3.07. The molecular formula is C22H20BrNO6. The van der Waals surface area contributed by atoms with Crippen LogP contribution in [0.25, 0.3) is 0 Å². The lowest BCUT2D eigenvalue weighted by molar-refractivity contribution is 0.0597. The molecule has 0 aliphatic heterocycles. The van der Waals surface area contributed by atoms with Gasteiger partial charge in [0.15, 0.2) is 5.76 Å². The average molecular weight is 474 g/mol. The van der Waals surface area contributed by atoms with E-state index in [4.69, 9.17) is 18.6 Å². The number of furan rings is 1. The molecule has 0 spiro atoms. The van der Waals surface area contributed by atoms with Gasteiger partial charge < -0.3 is 23.9 Å². The van der Waals surface area contributed by atoms with Crippen LogP contribution in [-0.2, 0) is 17.9 Å². The number of halogens is 1. The second-order valence-electron chi connectivity index (χ2n) is 6.22. The highest BCUT2D eigenvalue weighted by molar-refractivity contribution is 9.10. The van der Waals surface area contributed by atoms with Gasteiger partial charge >= 0.3 is 5.97 Å². The summed E-state index contributed by atoms with van der Waals surface area (Å²) in [6.45, 7) is 0.405. The van der Waals surface area contributed by atoms with E-state index in [-0.39, 0.29) is 30.4 Å². The van der Waals surface area contributed by atoms with Gasteiger partial charge in [-0.15, -0.1) is 0 Å². The van der Waals surface area contributed by atoms with Crippen LogP contribution < -0.4 is 14.8 Å². The van der Waals surface area contributed by atoms with Crippen molar-refractivity contribution < 1.29 is 28.2 Å². The van der Waals surface area contributed by atoms with Crippen molar-refractivity contribution >= 4 is 27.8 Å². The van der Waals surface area contributed by atoms with Crippen molar-refractivity contribution in [3.63, 3.8) is 0 Å². The summed E-state index contributed by atoms with van der Waals surface area (Å²) in [5.41, 5.74) is 1.01. The fraction of sp³-hybridized carbons (Fsp3) is 0.182. The van der Waals surface area contributed by atoms with E-state index in [1.165, 1.54) is 14.2 Å². The van der Waals surface area contributed by atoms with E-state index in [1.54, 1.807) is 30.3 Å². The van der Waals surface area contributed by atoms with Crippen LogP contribution >= 0.6 is 15.9 Å². The van der Waals surface area contributed by atoms with E-state index in [9.17, 15) is 9.59 Å². The van der Waals surface area contributed by atoms with Crippen molar-refractivity contribution in [1.29, 1.82) is 0 Å². The number of nitrogens with one attached hydrogen (secondary N) is 1. The van der Waals surface area contributed by atoms with Crippen LogP contribution in [0.15, 0.2) is 63.5 Å². The molecule has 3 aromatic rings. The van der Waals surface area contributed by atoms with Crippen LogP contribution in [-0.4, -0.2) is 26.1 Å². The molecule has 1 aromatic heterocycles. The Kier molecular flexibility index (Phi) is 7.13. The molecule has 7 nitrogen and oxygen atoms in total. The minimum atomic E-state index is -0.513.